The Morgan fingerprint density at radius 3 is 1.65 bits per heavy atom. The Hall–Kier alpha value is -7.10. The highest BCUT2D eigenvalue weighted by Gasteiger charge is 2.37. The van der Waals surface area contributed by atoms with Crippen LogP contribution < -0.4 is 10.6 Å². The minimum absolute atomic E-state index is 0.282. The number of H-pyrrole nitrogens is 2. The van der Waals surface area contributed by atoms with Gasteiger partial charge in [0, 0.05) is 24.2 Å². The van der Waals surface area contributed by atoms with Crippen molar-refractivity contribution in [1.29, 1.82) is 0 Å². The van der Waals surface area contributed by atoms with Crippen LogP contribution >= 0.6 is 0 Å². The summed E-state index contributed by atoms with van der Waals surface area (Å²) >= 11 is 0. The van der Waals surface area contributed by atoms with Gasteiger partial charge in [-0.2, -0.15) is 0 Å². The quantitative estimate of drug-likeness (QED) is 0.0738. The second kappa shape index (κ2) is 19.1. The third-order valence-corrected chi connectivity index (χ3v) is 11.8. The maximum atomic E-state index is 13.5. The summed E-state index contributed by atoms with van der Waals surface area (Å²) in [5, 5.41) is 5.20. The van der Waals surface area contributed by atoms with Crippen molar-refractivity contribution in [3.63, 3.8) is 0 Å². The molecule has 4 amide bonds. The van der Waals surface area contributed by atoms with Gasteiger partial charge in [-0.15, -0.1) is 0 Å². The van der Waals surface area contributed by atoms with Crippen molar-refractivity contribution in [2.24, 2.45) is 0 Å². The van der Waals surface area contributed by atoms with Crippen molar-refractivity contribution in [2.75, 3.05) is 27.3 Å². The molecular formula is C46H50N8O8. The van der Waals surface area contributed by atoms with Crippen molar-refractivity contribution in [1.82, 2.24) is 40.4 Å². The number of nitrogens with zero attached hydrogens (tertiary/aromatic N) is 4. The van der Waals surface area contributed by atoms with Gasteiger partial charge < -0.3 is 28.9 Å². The standard InChI is InChI=1S/C46H50N8O8/c1-59-43(55)51-41(33-11-5-3-6-12-33)61-45(57)53-25-9-15-37(53)39-47-27-35(49-39)31-21-17-29(18-22-31)30-19-23-32(24-20-30)36-28-48-40(50-36)38-16-10-26-54(38)46(58)62-42(52-44(56)60-2)34-13-7-4-8-14-34/h3-8,11-14,17-18,21-23,27-28,30,37-38,41-42H,9-10,15-16,19-20,24-26H2,1-2H3,(H,47,49)(H,48,50)(H,51,55)(H,52,56)/t30?,37-,38+,41-,42+/m1/s1. The number of hydrogen-bond donors (Lipinski definition) is 4. The third kappa shape index (κ3) is 9.43. The van der Waals surface area contributed by atoms with E-state index in [4.69, 9.17) is 23.9 Å². The molecule has 0 spiro atoms. The summed E-state index contributed by atoms with van der Waals surface area (Å²) in [6.07, 6.45) is 7.15. The summed E-state index contributed by atoms with van der Waals surface area (Å²) in [6.45, 7) is 1.01. The zero-order valence-corrected chi connectivity index (χ0v) is 34.6. The van der Waals surface area contributed by atoms with Gasteiger partial charge in [0.15, 0.2) is 0 Å². The maximum absolute atomic E-state index is 13.5. The molecule has 62 heavy (non-hydrogen) atoms. The van der Waals surface area contributed by atoms with Gasteiger partial charge in [-0.25, -0.2) is 29.1 Å². The summed E-state index contributed by atoms with van der Waals surface area (Å²) in [5.41, 5.74) is 6.47. The molecule has 4 N–H and O–H groups in total. The fraction of sp³-hybridized carbons (Fsp3) is 0.348. The molecule has 2 aromatic heterocycles. The largest absolute Gasteiger partial charge is 0.453 e. The monoisotopic (exact) mass is 842 g/mol. The van der Waals surface area contributed by atoms with E-state index in [1.807, 2.05) is 30.5 Å². The number of methoxy groups -OCH3 is 2. The highest BCUT2D eigenvalue weighted by Crippen LogP contribution is 2.39. The van der Waals surface area contributed by atoms with Crippen LogP contribution in [0.4, 0.5) is 19.2 Å². The zero-order chi connectivity index (χ0) is 43.0. The molecule has 2 aliphatic heterocycles. The summed E-state index contributed by atoms with van der Waals surface area (Å²) in [5.74, 6) is 1.74. The van der Waals surface area contributed by atoms with Gasteiger partial charge >= 0.3 is 24.4 Å². The van der Waals surface area contributed by atoms with E-state index in [2.05, 4.69) is 55.9 Å². The number of allylic oxidation sites excluding steroid dienone is 2. The zero-order valence-electron chi connectivity index (χ0n) is 34.6. The van der Waals surface area contributed by atoms with Gasteiger partial charge in [0.2, 0.25) is 12.5 Å². The molecule has 3 aromatic carbocycles. The van der Waals surface area contributed by atoms with Crippen LogP contribution in [0.2, 0.25) is 0 Å². The fourth-order valence-electron chi connectivity index (χ4n) is 8.46. The van der Waals surface area contributed by atoms with Gasteiger partial charge in [0.05, 0.1) is 50.1 Å². The predicted octanol–water partition coefficient (Wildman–Crippen LogP) is 8.81. The third-order valence-electron chi connectivity index (χ3n) is 11.8. The van der Waals surface area contributed by atoms with Crippen LogP contribution in [0.15, 0.2) is 103 Å². The molecule has 4 heterocycles. The van der Waals surface area contributed by atoms with Crippen LogP contribution in [0, 0.1) is 0 Å². The van der Waals surface area contributed by atoms with Crippen LogP contribution in [-0.2, 0) is 18.9 Å². The van der Waals surface area contributed by atoms with Crippen molar-refractivity contribution in [3.8, 4) is 11.3 Å². The van der Waals surface area contributed by atoms with E-state index in [-0.39, 0.29) is 12.1 Å². The molecule has 8 rings (SSSR count). The van der Waals surface area contributed by atoms with E-state index >= 15 is 0 Å². The number of amides is 4. The smallest absolute Gasteiger partial charge is 0.412 e. The van der Waals surface area contributed by atoms with E-state index in [1.54, 1.807) is 52.4 Å². The molecule has 16 nitrogen and oxygen atoms in total. The average Bonchev–Trinajstić information content (AvgIpc) is 4.17. The minimum Gasteiger partial charge on any atom is -0.453 e. The van der Waals surface area contributed by atoms with Gasteiger partial charge in [0.1, 0.15) is 11.6 Å². The molecule has 0 radical (unpaired) electrons. The Balaban J connectivity index is 0.869. The van der Waals surface area contributed by atoms with E-state index in [1.165, 1.54) is 25.4 Å². The number of carbonyl (C=O) groups excluding carboxylic acids is 4. The lowest BCUT2D eigenvalue weighted by molar-refractivity contribution is 0.0404. The molecule has 322 valence electrons. The lowest BCUT2D eigenvalue weighted by Crippen LogP contribution is -2.37. The van der Waals surface area contributed by atoms with Crippen molar-refractivity contribution < 1.29 is 38.1 Å². The first kappa shape index (κ1) is 41.6. The summed E-state index contributed by atoms with van der Waals surface area (Å²) in [4.78, 5) is 70.7. The molecule has 0 bridgehead atoms. The number of aromatic nitrogens is 4. The van der Waals surface area contributed by atoms with Crippen LogP contribution in [0.3, 0.4) is 0 Å². The lowest BCUT2D eigenvalue weighted by atomic mass is 9.83. The van der Waals surface area contributed by atoms with Crippen molar-refractivity contribution >= 4 is 29.9 Å². The second-order valence-electron chi connectivity index (χ2n) is 15.5. The predicted molar refractivity (Wildman–Crippen MR) is 227 cm³/mol. The number of rotatable bonds is 11. The number of imidazole rings is 2. The van der Waals surface area contributed by atoms with Gasteiger partial charge in [0.25, 0.3) is 0 Å². The number of aromatic amines is 2. The minimum atomic E-state index is -1.01. The molecule has 0 saturated carbocycles. The number of alkyl carbamates (subject to hydrolysis) is 2. The first-order valence-electron chi connectivity index (χ1n) is 20.9. The topological polar surface area (TPSA) is 193 Å². The van der Waals surface area contributed by atoms with Crippen LogP contribution in [-0.4, -0.2) is 81.4 Å². The molecule has 5 aromatic rings. The maximum Gasteiger partial charge on any atom is 0.412 e. The average molecular weight is 843 g/mol. The number of carbonyl (C=O) groups is 4. The Morgan fingerprint density at radius 2 is 1.16 bits per heavy atom. The van der Waals surface area contributed by atoms with Crippen LogP contribution in [0.5, 0.6) is 0 Å². The van der Waals surface area contributed by atoms with Gasteiger partial charge in [-0.3, -0.25) is 20.4 Å². The fourth-order valence-corrected chi connectivity index (χ4v) is 8.46. The first-order chi connectivity index (χ1) is 30.3. The van der Waals surface area contributed by atoms with Crippen LogP contribution in [0.1, 0.15) is 109 Å². The van der Waals surface area contributed by atoms with E-state index in [9.17, 15) is 19.2 Å². The summed E-state index contributed by atoms with van der Waals surface area (Å²) in [7, 11) is 2.52. The molecular weight excluding hydrogens is 793 g/mol. The molecule has 2 saturated heterocycles. The summed E-state index contributed by atoms with van der Waals surface area (Å²) < 4.78 is 21.1. The molecule has 3 aliphatic rings. The van der Waals surface area contributed by atoms with E-state index < -0.39 is 36.8 Å². The van der Waals surface area contributed by atoms with Gasteiger partial charge in [-0.1, -0.05) is 91.0 Å². The van der Waals surface area contributed by atoms with Gasteiger partial charge in [-0.05, 0) is 67.6 Å². The molecule has 2 fully saturated rings. The number of benzene rings is 3. The Morgan fingerprint density at radius 1 is 0.661 bits per heavy atom. The van der Waals surface area contributed by atoms with Crippen molar-refractivity contribution in [3.05, 3.63) is 137 Å². The normalized spacial score (nSPS) is 19.5. The number of hydrogen-bond acceptors (Lipinski definition) is 10. The highest BCUT2D eigenvalue weighted by molar-refractivity contribution is 5.72. The number of nitrogens with one attached hydrogen (secondary N) is 4. The molecule has 1 aliphatic carbocycles. The number of likely N-dealkylation sites (tertiary alicyclic amines) is 2. The molecule has 5 atom stereocenters. The summed E-state index contributed by atoms with van der Waals surface area (Å²) in [6, 6.07) is 25.9. The Kier molecular flexibility index (Phi) is 12.8. The highest BCUT2D eigenvalue weighted by atomic mass is 16.6. The van der Waals surface area contributed by atoms with Crippen LogP contribution in [0.25, 0.3) is 16.8 Å². The second-order valence-corrected chi connectivity index (χ2v) is 15.5. The Labute approximate surface area is 359 Å². The van der Waals surface area contributed by atoms with E-state index in [0.717, 1.165) is 61.9 Å². The Bertz CT molecular complexity index is 2370. The number of ether oxygens (including phenoxy) is 4. The lowest BCUT2D eigenvalue weighted by Gasteiger charge is -2.26. The first-order valence-corrected chi connectivity index (χ1v) is 20.9. The SMILES string of the molecule is COC(=O)N[C@H](OC(=O)N1CCC[C@@H]1c1ncc(-c2ccc(C3CC=C(c4cnc([C@@H]5CCCN5C(=O)O[C@H](NC(=O)OC)c5ccccc5)[nH]4)CC3)cc2)[nH]1)c1ccccc1. The molecule has 16 heteroatoms. The van der Waals surface area contributed by atoms with Crippen molar-refractivity contribution in [2.45, 2.75) is 75.4 Å². The van der Waals surface area contributed by atoms with E-state index in [0.29, 0.717) is 41.8 Å². The molecule has 1 unspecified atom stereocenters.